The quantitative estimate of drug-likeness (QED) is 0.885. The molecule has 0 radical (unpaired) electrons. The van der Waals surface area contributed by atoms with Gasteiger partial charge in [0.25, 0.3) is 0 Å². The molecule has 0 saturated heterocycles. The SMILES string of the molecule is Cc1cccc(CNc2c(N)c(C)nn2C(C)C)c1. The highest BCUT2D eigenvalue weighted by Gasteiger charge is 2.14. The number of anilines is 2. The van der Waals surface area contributed by atoms with E-state index >= 15 is 0 Å². The van der Waals surface area contributed by atoms with E-state index in [0.29, 0.717) is 0 Å². The molecule has 0 amide bonds. The van der Waals surface area contributed by atoms with Crippen molar-refractivity contribution in [2.24, 2.45) is 0 Å². The van der Waals surface area contributed by atoms with Crippen molar-refractivity contribution in [1.29, 1.82) is 0 Å². The normalized spacial score (nSPS) is 11.0. The summed E-state index contributed by atoms with van der Waals surface area (Å²) in [6, 6.07) is 8.74. The molecule has 3 N–H and O–H groups in total. The lowest BCUT2D eigenvalue weighted by Gasteiger charge is -2.13. The van der Waals surface area contributed by atoms with Crippen LogP contribution < -0.4 is 11.1 Å². The number of hydrogen-bond donors (Lipinski definition) is 2. The van der Waals surface area contributed by atoms with E-state index in [1.165, 1.54) is 11.1 Å². The lowest BCUT2D eigenvalue weighted by atomic mass is 10.1. The van der Waals surface area contributed by atoms with Gasteiger partial charge >= 0.3 is 0 Å². The minimum absolute atomic E-state index is 0.288. The molecule has 19 heavy (non-hydrogen) atoms. The van der Waals surface area contributed by atoms with Gasteiger partial charge in [0.15, 0.2) is 0 Å². The van der Waals surface area contributed by atoms with Crippen LogP contribution in [0.5, 0.6) is 0 Å². The third-order valence-electron chi connectivity index (χ3n) is 3.16. The number of nitrogen functional groups attached to an aromatic ring is 1. The van der Waals surface area contributed by atoms with Crippen LogP contribution in [0.1, 0.15) is 36.7 Å². The first kappa shape index (κ1) is 13.5. The highest BCUT2D eigenvalue weighted by atomic mass is 15.4. The summed E-state index contributed by atoms with van der Waals surface area (Å²) >= 11 is 0. The van der Waals surface area contributed by atoms with Crippen molar-refractivity contribution in [3.05, 3.63) is 41.1 Å². The van der Waals surface area contributed by atoms with E-state index in [2.05, 4.69) is 55.5 Å². The van der Waals surface area contributed by atoms with E-state index in [-0.39, 0.29) is 6.04 Å². The predicted octanol–water partition coefficient (Wildman–Crippen LogP) is 3.28. The standard InChI is InChI=1S/C15H22N4/c1-10(2)19-15(14(16)12(4)18-19)17-9-13-7-5-6-11(3)8-13/h5-8,10,17H,9,16H2,1-4H3. The maximum atomic E-state index is 6.09. The third-order valence-corrected chi connectivity index (χ3v) is 3.16. The molecule has 0 aliphatic rings. The van der Waals surface area contributed by atoms with Crippen LogP contribution in [0.15, 0.2) is 24.3 Å². The van der Waals surface area contributed by atoms with Crippen LogP contribution in [0.3, 0.4) is 0 Å². The summed E-state index contributed by atoms with van der Waals surface area (Å²) in [5, 5.41) is 7.87. The number of hydrogen-bond acceptors (Lipinski definition) is 3. The molecule has 4 nitrogen and oxygen atoms in total. The van der Waals surface area contributed by atoms with Crippen LogP contribution in [0.2, 0.25) is 0 Å². The van der Waals surface area contributed by atoms with Gasteiger partial charge in [-0.15, -0.1) is 0 Å². The van der Waals surface area contributed by atoms with Crippen LogP contribution in [-0.4, -0.2) is 9.78 Å². The molecule has 1 heterocycles. The molecule has 0 unspecified atom stereocenters. The highest BCUT2D eigenvalue weighted by molar-refractivity contribution is 5.65. The fourth-order valence-electron chi connectivity index (χ4n) is 2.12. The first-order valence-electron chi connectivity index (χ1n) is 6.63. The summed E-state index contributed by atoms with van der Waals surface area (Å²) in [7, 11) is 0. The molecule has 0 fully saturated rings. The van der Waals surface area contributed by atoms with Crippen molar-refractivity contribution in [2.45, 2.75) is 40.3 Å². The lowest BCUT2D eigenvalue weighted by Crippen LogP contribution is -2.11. The molecule has 102 valence electrons. The Kier molecular flexibility index (Phi) is 3.79. The molecular weight excluding hydrogens is 236 g/mol. The fraction of sp³-hybridized carbons (Fsp3) is 0.400. The maximum Gasteiger partial charge on any atom is 0.148 e. The molecule has 1 aromatic heterocycles. The van der Waals surface area contributed by atoms with Crippen LogP contribution in [0, 0.1) is 13.8 Å². The van der Waals surface area contributed by atoms with Crippen molar-refractivity contribution in [3.8, 4) is 0 Å². The molecule has 2 aromatic rings. The number of rotatable bonds is 4. The second-order valence-electron chi connectivity index (χ2n) is 5.23. The van der Waals surface area contributed by atoms with E-state index in [1.54, 1.807) is 0 Å². The average Bonchev–Trinajstić information content (AvgIpc) is 2.64. The Balaban J connectivity index is 2.19. The Bertz CT molecular complexity index is 570. The summed E-state index contributed by atoms with van der Waals surface area (Å²) in [6.45, 7) is 8.99. The topological polar surface area (TPSA) is 55.9 Å². The van der Waals surface area contributed by atoms with Gasteiger partial charge in [-0.1, -0.05) is 29.8 Å². The monoisotopic (exact) mass is 258 g/mol. The Hall–Kier alpha value is -1.97. The second kappa shape index (κ2) is 5.34. The molecule has 0 aliphatic carbocycles. The molecular formula is C15H22N4. The van der Waals surface area contributed by atoms with Crippen LogP contribution in [-0.2, 0) is 6.54 Å². The molecule has 0 bridgehead atoms. The molecule has 4 heteroatoms. The molecule has 1 aromatic carbocycles. The predicted molar refractivity (Wildman–Crippen MR) is 80.3 cm³/mol. The summed E-state index contributed by atoms with van der Waals surface area (Å²) < 4.78 is 1.94. The van der Waals surface area contributed by atoms with Gasteiger partial charge in [0, 0.05) is 12.6 Å². The number of benzene rings is 1. The summed E-state index contributed by atoms with van der Waals surface area (Å²) in [5.41, 5.74) is 10.2. The molecule has 0 spiro atoms. The van der Waals surface area contributed by atoms with E-state index in [0.717, 1.165) is 23.7 Å². The summed E-state index contributed by atoms with van der Waals surface area (Å²) in [5.74, 6) is 0.911. The zero-order valence-corrected chi connectivity index (χ0v) is 12.1. The van der Waals surface area contributed by atoms with Crippen molar-refractivity contribution in [3.63, 3.8) is 0 Å². The first-order chi connectivity index (χ1) is 8.99. The van der Waals surface area contributed by atoms with Gasteiger partial charge in [-0.25, -0.2) is 4.68 Å². The molecule has 0 atom stereocenters. The molecule has 2 rings (SSSR count). The molecule has 0 saturated carbocycles. The van der Waals surface area contributed by atoms with Gasteiger partial charge in [-0.05, 0) is 33.3 Å². The van der Waals surface area contributed by atoms with Crippen LogP contribution >= 0.6 is 0 Å². The van der Waals surface area contributed by atoms with Gasteiger partial charge in [0.2, 0.25) is 0 Å². The summed E-state index contributed by atoms with van der Waals surface area (Å²) in [4.78, 5) is 0. The van der Waals surface area contributed by atoms with Gasteiger partial charge in [-0.2, -0.15) is 5.10 Å². The highest BCUT2D eigenvalue weighted by Crippen LogP contribution is 2.26. The van der Waals surface area contributed by atoms with Crippen molar-refractivity contribution in [1.82, 2.24) is 9.78 Å². The zero-order valence-electron chi connectivity index (χ0n) is 12.1. The Morgan fingerprint density at radius 2 is 2.05 bits per heavy atom. The van der Waals surface area contributed by atoms with Gasteiger partial charge < -0.3 is 11.1 Å². The smallest absolute Gasteiger partial charge is 0.148 e. The maximum absolute atomic E-state index is 6.09. The first-order valence-corrected chi connectivity index (χ1v) is 6.63. The van der Waals surface area contributed by atoms with Crippen molar-refractivity contribution < 1.29 is 0 Å². The minimum Gasteiger partial charge on any atom is -0.394 e. The number of nitrogens with zero attached hydrogens (tertiary/aromatic N) is 2. The van der Waals surface area contributed by atoms with Gasteiger partial charge in [-0.3, -0.25) is 0 Å². The van der Waals surface area contributed by atoms with Crippen molar-refractivity contribution in [2.75, 3.05) is 11.1 Å². The number of aromatic nitrogens is 2. The lowest BCUT2D eigenvalue weighted by molar-refractivity contribution is 0.534. The Morgan fingerprint density at radius 3 is 2.68 bits per heavy atom. The Labute approximate surface area is 114 Å². The van der Waals surface area contributed by atoms with Gasteiger partial charge in [0.05, 0.1) is 11.4 Å². The number of nitrogens with one attached hydrogen (secondary N) is 1. The Morgan fingerprint density at radius 1 is 1.32 bits per heavy atom. The van der Waals surface area contributed by atoms with E-state index in [4.69, 9.17) is 5.73 Å². The van der Waals surface area contributed by atoms with E-state index in [1.807, 2.05) is 11.6 Å². The average molecular weight is 258 g/mol. The third kappa shape index (κ3) is 2.89. The van der Waals surface area contributed by atoms with Crippen molar-refractivity contribution >= 4 is 11.5 Å². The molecule has 0 aliphatic heterocycles. The second-order valence-corrected chi connectivity index (χ2v) is 5.23. The minimum atomic E-state index is 0.288. The largest absolute Gasteiger partial charge is 0.394 e. The van der Waals surface area contributed by atoms with E-state index in [9.17, 15) is 0 Å². The van der Waals surface area contributed by atoms with Crippen LogP contribution in [0.4, 0.5) is 11.5 Å². The number of aryl methyl sites for hydroxylation is 2. The zero-order chi connectivity index (χ0) is 14.0. The number of nitrogens with two attached hydrogens (primary N) is 1. The van der Waals surface area contributed by atoms with Gasteiger partial charge in [0.1, 0.15) is 5.82 Å². The summed E-state index contributed by atoms with van der Waals surface area (Å²) in [6.07, 6.45) is 0. The fourth-order valence-corrected chi connectivity index (χ4v) is 2.12. The van der Waals surface area contributed by atoms with Crippen LogP contribution in [0.25, 0.3) is 0 Å². The van der Waals surface area contributed by atoms with E-state index < -0.39 is 0 Å².